The Kier molecular flexibility index (Phi) is 5.01. The van der Waals surface area contributed by atoms with Gasteiger partial charge in [0.15, 0.2) is 6.61 Å². The number of nitrogens with one attached hydrogen (secondary N) is 1. The Morgan fingerprint density at radius 2 is 2.04 bits per heavy atom. The number of amides is 3. The smallest absolute Gasteiger partial charge is 0.338 e. The molecular weight excluding hydrogens is 362 g/mol. The number of benzene rings is 1. The van der Waals surface area contributed by atoms with Gasteiger partial charge >= 0.3 is 5.97 Å². The second kappa shape index (κ2) is 7.27. The van der Waals surface area contributed by atoms with E-state index in [0.29, 0.717) is 0 Å². The minimum absolute atomic E-state index is 0.0541. The highest BCUT2D eigenvalue weighted by Gasteiger charge is 2.43. The van der Waals surface area contributed by atoms with Crippen molar-refractivity contribution < 1.29 is 23.9 Å². The first-order valence-corrected chi connectivity index (χ1v) is 8.81. The average Bonchev–Trinajstić information content (AvgIpc) is 3.51. The van der Waals surface area contributed by atoms with Gasteiger partial charge in [0.2, 0.25) is 0 Å². The average molecular weight is 381 g/mol. The Balaban J connectivity index is 1.64. The number of esters is 1. The molecule has 2 aliphatic rings. The van der Waals surface area contributed by atoms with Crippen LogP contribution in [0, 0.1) is 17.2 Å². The van der Waals surface area contributed by atoms with E-state index < -0.39 is 35.8 Å². The fraction of sp³-hybridized carbons (Fsp3) is 0.350. The zero-order valence-corrected chi connectivity index (χ0v) is 15.4. The van der Waals surface area contributed by atoms with Crippen LogP contribution in [0.2, 0.25) is 0 Å². The number of nitrogens with zero attached hydrogens (tertiary/aromatic N) is 2. The molecule has 144 valence electrons. The van der Waals surface area contributed by atoms with Crippen molar-refractivity contribution in [3.8, 4) is 6.07 Å². The first-order chi connectivity index (χ1) is 13.3. The van der Waals surface area contributed by atoms with Crippen molar-refractivity contribution in [1.29, 1.82) is 5.26 Å². The van der Waals surface area contributed by atoms with Crippen LogP contribution >= 0.6 is 0 Å². The van der Waals surface area contributed by atoms with Gasteiger partial charge in [0.05, 0.1) is 22.8 Å². The maximum Gasteiger partial charge on any atom is 0.338 e. The molecule has 1 fully saturated rings. The van der Waals surface area contributed by atoms with E-state index in [1.54, 1.807) is 6.92 Å². The standard InChI is InChI=1S/C20H19N3O5/c1-3-8-23-17(25)14-7-4-12(9-15(14)18(23)26)19(27)28-10-16(24)22-20(2,11-21)13-5-6-13/h3-4,7,9,13H,1,5-6,8,10H2,2H3,(H,22,24)/t20-/m0/s1. The highest BCUT2D eigenvalue weighted by atomic mass is 16.5. The molecule has 1 aromatic rings. The van der Waals surface area contributed by atoms with Crippen LogP contribution in [0.5, 0.6) is 0 Å². The third kappa shape index (κ3) is 3.51. The molecule has 3 rings (SSSR count). The lowest BCUT2D eigenvalue weighted by Crippen LogP contribution is -2.48. The van der Waals surface area contributed by atoms with Crippen LogP contribution < -0.4 is 5.32 Å². The molecule has 1 atom stereocenters. The fourth-order valence-electron chi connectivity index (χ4n) is 3.13. The van der Waals surface area contributed by atoms with Crippen molar-refractivity contribution in [2.75, 3.05) is 13.2 Å². The van der Waals surface area contributed by atoms with Gasteiger partial charge in [-0.15, -0.1) is 6.58 Å². The molecule has 8 nitrogen and oxygen atoms in total. The van der Waals surface area contributed by atoms with Gasteiger partial charge in [-0.3, -0.25) is 19.3 Å². The molecule has 8 heteroatoms. The van der Waals surface area contributed by atoms with Gasteiger partial charge in [0, 0.05) is 6.54 Å². The van der Waals surface area contributed by atoms with Crippen molar-refractivity contribution in [2.24, 2.45) is 5.92 Å². The number of hydrogen-bond donors (Lipinski definition) is 1. The summed E-state index contributed by atoms with van der Waals surface area (Å²) in [4.78, 5) is 49.8. The number of nitriles is 1. The third-order valence-electron chi connectivity index (χ3n) is 4.88. The first-order valence-electron chi connectivity index (χ1n) is 8.81. The molecule has 1 saturated carbocycles. The minimum Gasteiger partial charge on any atom is -0.452 e. The third-order valence-corrected chi connectivity index (χ3v) is 4.88. The van der Waals surface area contributed by atoms with E-state index in [2.05, 4.69) is 18.0 Å². The van der Waals surface area contributed by atoms with Gasteiger partial charge in [-0.1, -0.05) is 6.08 Å². The van der Waals surface area contributed by atoms with E-state index in [4.69, 9.17) is 4.74 Å². The summed E-state index contributed by atoms with van der Waals surface area (Å²) in [6, 6.07) is 6.12. The lowest BCUT2D eigenvalue weighted by molar-refractivity contribution is -0.125. The van der Waals surface area contributed by atoms with Gasteiger partial charge < -0.3 is 10.1 Å². The summed E-state index contributed by atoms with van der Waals surface area (Å²) in [6.45, 7) is 4.68. The molecule has 3 amide bonds. The van der Waals surface area contributed by atoms with Crippen molar-refractivity contribution in [3.63, 3.8) is 0 Å². The second-order valence-corrected chi connectivity index (χ2v) is 6.98. The summed E-state index contributed by atoms with van der Waals surface area (Å²) in [5.41, 5.74) is -0.608. The van der Waals surface area contributed by atoms with E-state index in [1.165, 1.54) is 24.3 Å². The second-order valence-electron chi connectivity index (χ2n) is 6.98. The van der Waals surface area contributed by atoms with Gasteiger partial charge in [-0.25, -0.2) is 4.79 Å². The molecule has 0 spiro atoms. The van der Waals surface area contributed by atoms with E-state index >= 15 is 0 Å². The molecule has 1 heterocycles. The van der Waals surface area contributed by atoms with Crippen LogP contribution in [0.3, 0.4) is 0 Å². The minimum atomic E-state index is -0.974. The van der Waals surface area contributed by atoms with E-state index in [-0.39, 0.29) is 29.2 Å². The largest absolute Gasteiger partial charge is 0.452 e. The Hall–Kier alpha value is -3.47. The fourth-order valence-corrected chi connectivity index (χ4v) is 3.13. The molecule has 0 saturated heterocycles. The van der Waals surface area contributed by atoms with Crippen molar-refractivity contribution in [3.05, 3.63) is 47.5 Å². The molecule has 28 heavy (non-hydrogen) atoms. The summed E-state index contributed by atoms with van der Waals surface area (Å²) < 4.78 is 4.99. The Morgan fingerprint density at radius 3 is 2.64 bits per heavy atom. The van der Waals surface area contributed by atoms with Crippen LogP contribution in [0.25, 0.3) is 0 Å². The Morgan fingerprint density at radius 1 is 1.36 bits per heavy atom. The number of rotatable bonds is 7. The van der Waals surface area contributed by atoms with Crippen molar-refractivity contribution in [2.45, 2.75) is 25.3 Å². The Bertz CT molecular complexity index is 928. The quantitative estimate of drug-likeness (QED) is 0.434. The first kappa shape index (κ1) is 19.3. The Labute approximate surface area is 161 Å². The number of carbonyl (C=O) groups is 4. The van der Waals surface area contributed by atoms with Crippen LogP contribution in [0.1, 0.15) is 50.8 Å². The summed E-state index contributed by atoms with van der Waals surface area (Å²) in [7, 11) is 0. The summed E-state index contributed by atoms with van der Waals surface area (Å²) in [6.07, 6.45) is 3.18. The SMILES string of the molecule is C=CCN1C(=O)c2ccc(C(=O)OCC(=O)N[C@@](C)(C#N)C3CC3)cc2C1=O. The molecule has 1 aliphatic carbocycles. The maximum atomic E-state index is 12.3. The topological polar surface area (TPSA) is 117 Å². The number of imide groups is 1. The highest BCUT2D eigenvalue weighted by Crippen LogP contribution is 2.39. The normalized spacial score (nSPS) is 17.4. The predicted octanol–water partition coefficient (Wildman–Crippen LogP) is 1.43. The van der Waals surface area contributed by atoms with Crippen LogP contribution in [-0.2, 0) is 9.53 Å². The summed E-state index contributed by atoms with van der Waals surface area (Å²) >= 11 is 0. The van der Waals surface area contributed by atoms with E-state index in [0.717, 1.165) is 17.7 Å². The van der Waals surface area contributed by atoms with Crippen LogP contribution in [0.15, 0.2) is 30.9 Å². The van der Waals surface area contributed by atoms with E-state index in [1.807, 2.05) is 0 Å². The van der Waals surface area contributed by atoms with E-state index in [9.17, 15) is 24.4 Å². The summed E-state index contributed by atoms with van der Waals surface area (Å²) in [5, 5.41) is 11.8. The van der Waals surface area contributed by atoms with Crippen molar-refractivity contribution in [1.82, 2.24) is 10.2 Å². The van der Waals surface area contributed by atoms with Gasteiger partial charge in [-0.2, -0.15) is 5.26 Å². The molecule has 0 radical (unpaired) electrons. The summed E-state index contributed by atoms with van der Waals surface area (Å²) in [5.74, 6) is -2.23. The lowest BCUT2D eigenvalue weighted by Gasteiger charge is -2.22. The lowest BCUT2D eigenvalue weighted by atomic mass is 9.98. The monoisotopic (exact) mass is 381 g/mol. The van der Waals surface area contributed by atoms with Crippen LogP contribution in [0.4, 0.5) is 0 Å². The molecule has 0 aromatic heterocycles. The zero-order chi connectivity index (χ0) is 20.5. The van der Waals surface area contributed by atoms with Gasteiger partial charge in [-0.05, 0) is 43.9 Å². The number of ether oxygens (including phenoxy) is 1. The maximum absolute atomic E-state index is 12.3. The molecule has 1 aromatic carbocycles. The van der Waals surface area contributed by atoms with Gasteiger partial charge in [0.1, 0.15) is 5.54 Å². The number of fused-ring (bicyclic) bond motifs is 1. The molecule has 1 aliphatic heterocycles. The number of hydrogen-bond acceptors (Lipinski definition) is 6. The molecular formula is C20H19N3O5. The number of carbonyl (C=O) groups excluding carboxylic acids is 4. The van der Waals surface area contributed by atoms with Gasteiger partial charge in [0.25, 0.3) is 17.7 Å². The predicted molar refractivity (Wildman–Crippen MR) is 97.2 cm³/mol. The van der Waals surface area contributed by atoms with Crippen LogP contribution in [-0.4, -0.2) is 47.3 Å². The molecule has 0 bridgehead atoms. The molecule has 0 unspecified atom stereocenters. The molecule has 1 N–H and O–H groups in total. The van der Waals surface area contributed by atoms with Crippen molar-refractivity contribution >= 4 is 23.7 Å². The zero-order valence-electron chi connectivity index (χ0n) is 15.4. The highest BCUT2D eigenvalue weighted by molar-refractivity contribution is 6.22.